The highest BCUT2D eigenvalue weighted by atomic mass is 19.1. The van der Waals surface area contributed by atoms with Crippen LogP contribution in [-0.2, 0) is 16.1 Å². The summed E-state index contributed by atoms with van der Waals surface area (Å²) in [7, 11) is 0. The minimum atomic E-state index is -0.335. The molecule has 3 heterocycles. The van der Waals surface area contributed by atoms with Crippen LogP contribution in [0.4, 0.5) is 4.39 Å². The minimum absolute atomic E-state index is 0.0718. The number of nitrogens with zero attached hydrogens (tertiary/aromatic N) is 4. The monoisotopic (exact) mass is 332 g/mol. The van der Waals surface area contributed by atoms with E-state index in [-0.39, 0.29) is 30.5 Å². The third-order valence-corrected chi connectivity index (χ3v) is 4.46. The number of aromatic nitrogens is 3. The molecular formula is C16H17FN4O3. The van der Waals surface area contributed by atoms with Crippen molar-refractivity contribution in [3.63, 3.8) is 0 Å². The summed E-state index contributed by atoms with van der Waals surface area (Å²) < 4.78 is 26.0. The summed E-state index contributed by atoms with van der Waals surface area (Å²) in [4.78, 5) is 14.1. The maximum atomic E-state index is 12.9. The molecule has 1 saturated heterocycles. The van der Waals surface area contributed by atoms with Gasteiger partial charge in [-0.1, -0.05) is 5.21 Å². The lowest BCUT2D eigenvalue weighted by Crippen LogP contribution is -2.51. The number of hydrogen-bond acceptors (Lipinski definition) is 5. The Morgan fingerprint density at radius 2 is 2.21 bits per heavy atom. The Morgan fingerprint density at radius 1 is 1.38 bits per heavy atom. The lowest BCUT2D eigenvalue weighted by atomic mass is 10.00. The molecule has 24 heavy (non-hydrogen) atoms. The number of amides is 1. The van der Waals surface area contributed by atoms with Gasteiger partial charge in [0.05, 0.1) is 30.6 Å². The predicted octanol–water partition coefficient (Wildman–Crippen LogP) is 1.17. The number of likely N-dealkylation sites (tertiary alicyclic amines) is 1. The van der Waals surface area contributed by atoms with Crippen LogP contribution >= 0.6 is 0 Å². The minimum Gasteiger partial charge on any atom is -0.484 e. The van der Waals surface area contributed by atoms with Gasteiger partial charge in [0.1, 0.15) is 11.6 Å². The normalized spacial score (nSPS) is 22.6. The quantitative estimate of drug-likeness (QED) is 0.844. The summed E-state index contributed by atoms with van der Waals surface area (Å²) in [6.45, 7) is 1.52. The van der Waals surface area contributed by atoms with E-state index >= 15 is 0 Å². The second-order valence-electron chi connectivity index (χ2n) is 5.96. The fourth-order valence-corrected chi connectivity index (χ4v) is 3.18. The zero-order chi connectivity index (χ0) is 16.5. The summed E-state index contributed by atoms with van der Waals surface area (Å²) >= 11 is 0. The van der Waals surface area contributed by atoms with E-state index < -0.39 is 0 Å². The molecule has 2 aliphatic heterocycles. The van der Waals surface area contributed by atoms with Gasteiger partial charge in [-0.15, -0.1) is 5.10 Å². The summed E-state index contributed by atoms with van der Waals surface area (Å²) in [5, 5.41) is 8.05. The number of piperidine rings is 1. The number of carbonyl (C=O) groups is 1. The number of fused-ring (bicyclic) bond motifs is 3. The Morgan fingerprint density at radius 3 is 3.04 bits per heavy atom. The summed E-state index contributed by atoms with van der Waals surface area (Å²) in [6, 6.07) is 5.74. The highest BCUT2D eigenvalue weighted by molar-refractivity contribution is 5.78. The van der Waals surface area contributed by atoms with Crippen LogP contribution in [0.1, 0.15) is 18.2 Å². The van der Waals surface area contributed by atoms with E-state index in [0.29, 0.717) is 25.4 Å². The van der Waals surface area contributed by atoms with Crippen molar-refractivity contribution >= 4 is 5.91 Å². The first-order chi connectivity index (χ1) is 11.7. The van der Waals surface area contributed by atoms with Gasteiger partial charge in [0.25, 0.3) is 5.91 Å². The van der Waals surface area contributed by atoms with Crippen LogP contribution < -0.4 is 4.74 Å². The molecule has 0 saturated carbocycles. The standard InChI is InChI=1S/C16H17FN4O3/c17-11-1-3-13(4-2-11)23-10-16(22)20-6-5-14-15(8-20)24-9-12-7-18-19-21(12)14/h1-4,7,14-15H,5-6,8-10H2/t14-,15-/m0/s1. The third kappa shape index (κ3) is 2.84. The molecule has 0 aliphatic carbocycles. The third-order valence-electron chi connectivity index (χ3n) is 4.46. The van der Waals surface area contributed by atoms with Crippen molar-refractivity contribution in [2.75, 3.05) is 19.7 Å². The molecule has 0 spiro atoms. The van der Waals surface area contributed by atoms with Gasteiger partial charge >= 0.3 is 0 Å². The van der Waals surface area contributed by atoms with E-state index in [1.807, 2.05) is 4.68 Å². The van der Waals surface area contributed by atoms with E-state index in [1.54, 1.807) is 11.1 Å². The zero-order valence-electron chi connectivity index (χ0n) is 13.0. The molecule has 126 valence electrons. The maximum Gasteiger partial charge on any atom is 0.260 e. The van der Waals surface area contributed by atoms with Crippen molar-refractivity contribution in [1.82, 2.24) is 19.9 Å². The summed E-state index contributed by atoms with van der Waals surface area (Å²) in [5.74, 6) is 0.0317. The fourth-order valence-electron chi connectivity index (χ4n) is 3.18. The molecule has 0 radical (unpaired) electrons. The topological polar surface area (TPSA) is 69.5 Å². The van der Waals surface area contributed by atoms with Gasteiger partial charge in [-0.3, -0.25) is 4.79 Å². The Bertz CT molecular complexity index is 733. The van der Waals surface area contributed by atoms with Gasteiger partial charge in [-0.25, -0.2) is 9.07 Å². The number of ether oxygens (including phenoxy) is 2. The number of rotatable bonds is 3. The van der Waals surface area contributed by atoms with Crippen LogP contribution in [0.15, 0.2) is 30.5 Å². The molecule has 4 rings (SSSR count). The van der Waals surface area contributed by atoms with Gasteiger partial charge in [0, 0.05) is 13.1 Å². The first kappa shape index (κ1) is 15.1. The molecule has 1 aromatic heterocycles. The Kier molecular flexibility index (Phi) is 3.89. The molecule has 8 heteroatoms. The van der Waals surface area contributed by atoms with Gasteiger partial charge in [0.2, 0.25) is 0 Å². The highest BCUT2D eigenvalue weighted by Crippen LogP contribution is 2.30. The molecule has 1 aromatic carbocycles. The van der Waals surface area contributed by atoms with Crippen molar-refractivity contribution in [2.45, 2.75) is 25.2 Å². The van der Waals surface area contributed by atoms with Crippen molar-refractivity contribution in [1.29, 1.82) is 0 Å². The number of halogens is 1. The molecule has 2 aromatic rings. The second kappa shape index (κ2) is 6.20. The summed E-state index contributed by atoms with van der Waals surface area (Å²) in [5.41, 5.74) is 0.968. The first-order valence-electron chi connectivity index (χ1n) is 7.87. The second-order valence-corrected chi connectivity index (χ2v) is 5.96. The van der Waals surface area contributed by atoms with E-state index in [0.717, 1.165) is 12.1 Å². The van der Waals surface area contributed by atoms with Crippen LogP contribution in [0.25, 0.3) is 0 Å². The molecule has 0 N–H and O–H groups in total. The zero-order valence-corrected chi connectivity index (χ0v) is 13.0. The number of benzene rings is 1. The summed E-state index contributed by atoms with van der Waals surface area (Å²) in [6.07, 6.45) is 2.40. The average molecular weight is 332 g/mol. The molecule has 1 amide bonds. The van der Waals surface area contributed by atoms with Crippen LogP contribution in [0.2, 0.25) is 0 Å². The molecule has 0 bridgehead atoms. The van der Waals surface area contributed by atoms with Crippen molar-refractivity contribution < 1.29 is 18.7 Å². The molecular weight excluding hydrogens is 315 g/mol. The van der Waals surface area contributed by atoms with Crippen LogP contribution in [-0.4, -0.2) is 51.6 Å². The van der Waals surface area contributed by atoms with Crippen LogP contribution in [0, 0.1) is 5.82 Å². The van der Waals surface area contributed by atoms with Crippen LogP contribution in [0.5, 0.6) is 5.75 Å². The molecule has 7 nitrogen and oxygen atoms in total. The van der Waals surface area contributed by atoms with Crippen molar-refractivity contribution in [3.05, 3.63) is 42.0 Å². The molecule has 2 atom stereocenters. The van der Waals surface area contributed by atoms with Gasteiger partial charge < -0.3 is 14.4 Å². The predicted molar refractivity (Wildman–Crippen MR) is 80.7 cm³/mol. The molecule has 1 fully saturated rings. The largest absolute Gasteiger partial charge is 0.484 e. The maximum absolute atomic E-state index is 12.9. The van der Waals surface area contributed by atoms with E-state index in [2.05, 4.69) is 10.3 Å². The lowest BCUT2D eigenvalue weighted by molar-refractivity contribution is -0.141. The Hall–Kier alpha value is -2.48. The van der Waals surface area contributed by atoms with Crippen molar-refractivity contribution in [3.8, 4) is 5.75 Å². The molecule has 0 unspecified atom stereocenters. The lowest BCUT2D eigenvalue weighted by Gasteiger charge is -2.40. The number of hydrogen-bond donors (Lipinski definition) is 0. The Balaban J connectivity index is 1.35. The number of carbonyl (C=O) groups excluding carboxylic acids is 1. The van der Waals surface area contributed by atoms with Crippen LogP contribution in [0.3, 0.4) is 0 Å². The van der Waals surface area contributed by atoms with E-state index in [4.69, 9.17) is 9.47 Å². The van der Waals surface area contributed by atoms with Gasteiger partial charge in [0.15, 0.2) is 6.61 Å². The highest BCUT2D eigenvalue weighted by Gasteiger charge is 2.37. The van der Waals surface area contributed by atoms with E-state index in [9.17, 15) is 9.18 Å². The van der Waals surface area contributed by atoms with E-state index in [1.165, 1.54) is 24.3 Å². The van der Waals surface area contributed by atoms with Gasteiger partial charge in [-0.05, 0) is 30.7 Å². The first-order valence-corrected chi connectivity index (χ1v) is 7.87. The molecule has 2 aliphatic rings. The Labute approximate surface area is 138 Å². The SMILES string of the molecule is O=C(COc1ccc(F)cc1)N1CC[C@H]2[C@H](C1)OCc1cnnn12. The fraction of sp³-hybridized carbons (Fsp3) is 0.438. The average Bonchev–Trinajstić information content (AvgIpc) is 3.09. The van der Waals surface area contributed by atoms with Crippen molar-refractivity contribution in [2.24, 2.45) is 0 Å². The smallest absolute Gasteiger partial charge is 0.260 e. The van der Waals surface area contributed by atoms with Gasteiger partial charge in [-0.2, -0.15) is 0 Å².